The zero-order chi connectivity index (χ0) is 19.1. The average molecular weight is 369 g/mol. The molecule has 0 fully saturated rings. The van der Waals surface area contributed by atoms with Gasteiger partial charge in [-0.15, -0.1) is 0 Å². The number of nitriles is 1. The lowest BCUT2D eigenvalue weighted by Crippen LogP contribution is -2.27. The lowest BCUT2D eigenvalue weighted by atomic mass is 10.1. The van der Waals surface area contributed by atoms with Crippen LogP contribution in [0.3, 0.4) is 0 Å². The first-order chi connectivity index (χ1) is 12.4. The monoisotopic (exact) mass is 368 g/mol. The summed E-state index contributed by atoms with van der Waals surface area (Å²) in [5.41, 5.74) is 1.64. The van der Waals surface area contributed by atoms with Gasteiger partial charge in [0.05, 0.1) is 17.2 Å². The molecule has 5 heteroatoms. The molecule has 26 heavy (non-hydrogen) atoms. The van der Waals surface area contributed by atoms with Crippen LogP contribution in [0.15, 0.2) is 54.1 Å². The number of rotatable bonds is 6. The molecule has 2 rings (SSSR count). The van der Waals surface area contributed by atoms with E-state index in [1.54, 1.807) is 18.2 Å². The van der Waals surface area contributed by atoms with Crippen LogP contribution >= 0.6 is 11.6 Å². The minimum absolute atomic E-state index is 0.00816. The van der Waals surface area contributed by atoms with Crippen LogP contribution in [0.2, 0.25) is 5.02 Å². The van der Waals surface area contributed by atoms with Crippen molar-refractivity contribution in [2.75, 3.05) is 0 Å². The van der Waals surface area contributed by atoms with Gasteiger partial charge in [-0.05, 0) is 50.1 Å². The van der Waals surface area contributed by atoms with Crippen molar-refractivity contribution in [3.63, 3.8) is 0 Å². The first-order valence-electron chi connectivity index (χ1n) is 8.34. The molecule has 2 aromatic rings. The predicted molar refractivity (Wildman–Crippen MR) is 104 cm³/mol. The Kier molecular flexibility index (Phi) is 6.82. The molecule has 0 bridgehead atoms. The third kappa shape index (κ3) is 5.37. The van der Waals surface area contributed by atoms with E-state index >= 15 is 0 Å². The second-order valence-electron chi connectivity index (χ2n) is 6.13. The summed E-state index contributed by atoms with van der Waals surface area (Å²) < 4.78 is 5.58. The number of benzene rings is 2. The van der Waals surface area contributed by atoms with Gasteiger partial charge in [0.2, 0.25) is 0 Å². The Balaban J connectivity index is 2.15. The van der Waals surface area contributed by atoms with Gasteiger partial charge in [-0.2, -0.15) is 5.26 Å². The van der Waals surface area contributed by atoms with Crippen molar-refractivity contribution < 1.29 is 9.53 Å². The van der Waals surface area contributed by atoms with E-state index in [2.05, 4.69) is 5.32 Å². The van der Waals surface area contributed by atoms with Gasteiger partial charge in [0.15, 0.2) is 0 Å². The first kappa shape index (κ1) is 19.6. The molecule has 0 radical (unpaired) electrons. The molecule has 134 valence electrons. The van der Waals surface area contributed by atoms with Gasteiger partial charge in [0, 0.05) is 0 Å². The SMILES string of the molecule is CC(C)Oc1ccc(/C=C(/C#N)C(=O)N[C@@H](C)c2ccccc2)cc1Cl. The molecule has 1 N–H and O–H groups in total. The molecule has 0 saturated heterocycles. The maximum Gasteiger partial charge on any atom is 0.262 e. The van der Waals surface area contributed by atoms with Gasteiger partial charge < -0.3 is 10.1 Å². The second-order valence-corrected chi connectivity index (χ2v) is 6.54. The Hall–Kier alpha value is -2.77. The van der Waals surface area contributed by atoms with Crippen molar-refractivity contribution >= 4 is 23.6 Å². The van der Waals surface area contributed by atoms with E-state index in [1.807, 2.05) is 57.2 Å². The zero-order valence-electron chi connectivity index (χ0n) is 15.0. The van der Waals surface area contributed by atoms with Crippen LogP contribution in [-0.4, -0.2) is 12.0 Å². The van der Waals surface area contributed by atoms with E-state index in [1.165, 1.54) is 6.08 Å². The number of carbonyl (C=O) groups is 1. The maximum atomic E-state index is 12.4. The summed E-state index contributed by atoms with van der Waals surface area (Å²) in [4.78, 5) is 12.4. The number of hydrogen-bond donors (Lipinski definition) is 1. The molecule has 1 amide bonds. The van der Waals surface area contributed by atoms with Crippen LogP contribution in [0.1, 0.15) is 37.9 Å². The Morgan fingerprint density at radius 2 is 1.88 bits per heavy atom. The molecule has 0 aliphatic rings. The molecule has 2 aromatic carbocycles. The maximum absolute atomic E-state index is 12.4. The second kappa shape index (κ2) is 9.07. The van der Waals surface area contributed by atoms with E-state index < -0.39 is 5.91 Å². The molecule has 1 atom stereocenters. The van der Waals surface area contributed by atoms with Crippen molar-refractivity contribution in [1.82, 2.24) is 5.32 Å². The summed E-state index contributed by atoms with van der Waals surface area (Å²) in [6.45, 7) is 5.70. The van der Waals surface area contributed by atoms with E-state index in [0.717, 1.165) is 5.56 Å². The molecule has 0 aliphatic carbocycles. The number of hydrogen-bond acceptors (Lipinski definition) is 3. The van der Waals surface area contributed by atoms with Gasteiger partial charge in [0.25, 0.3) is 5.91 Å². The molecule has 4 nitrogen and oxygen atoms in total. The summed E-state index contributed by atoms with van der Waals surface area (Å²) in [6, 6.07) is 16.5. The van der Waals surface area contributed by atoms with Crippen molar-refractivity contribution in [1.29, 1.82) is 5.26 Å². The van der Waals surface area contributed by atoms with Crippen molar-refractivity contribution in [2.45, 2.75) is 32.9 Å². The Morgan fingerprint density at radius 1 is 1.19 bits per heavy atom. The third-order valence-electron chi connectivity index (χ3n) is 3.64. The summed E-state index contributed by atoms with van der Waals surface area (Å²) >= 11 is 6.21. The quantitative estimate of drug-likeness (QED) is 0.582. The average Bonchev–Trinajstić information content (AvgIpc) is 2.62. The third-order valence-corrected chi connectivity index (χ3v) is 3.94. The van der Waals surface area contributed by atoms with Crippen LogP contribution in [-0.2, 0) is 4.79 Å². The fourth-order valence-corrected chi connectivity index (χ4v) is 2.60. The number of halogens is 1. The summed E-state index contributed by atoms with van der Waals surface area (Å²) in [6.07, 6.45) is 1.52. The summed E-state index contributed by atoms with van der Waals surface area (Å²) in [5, 5.41) is 12.6. The highest BCUT2D eigenvalue weighted by Crippen LogP contribution is 2.27. The first-order valence-corrected chi connectivity index (χ1v) is 8.72. The molecule has 0 spiro atoms. The van der Waals surface area contributed by atoms with Gasteiger partial charge >= 0.3 is 0 Å². The normalized spacial score (nSPS) is 12.4. The molecule has 0 saturated carbocycles. The minimum Gasteiger partial charge on any atom is -0.489 e. The van der Waals surface area contributed by atoms with E-state index in [9.17, 15) is 10.1 Å². The smallest absolute Gasteiger partial charge is 0.262 e. The fourth-order valence-electron chi connectivity index (χ4n) is 2.37. The summed E-state index contributed by atoms with van der Waals surface area (Å²) in [7, 11) is 0. The van der Waals surface area contributed by atoms with Crippen LogP contribution in [0.5, 0.6) is 5.75 Å². The zero-order valence-corrected chi connectivity index (χ0v) is 15.7. The molecule has 0 heterocycles. The largest absolute Gasteiger partial charge is 0.489 e. The molecular formula is C21H21ClN2O2. The summed E-state index contributed by atoms with van der Waals surface area (Å²) in [5.74, 6) is 0.141. The number of amides is 1. The molecule has 0 aromatic heterocycles. The van der Waals surface area contributed by atoms with Crippen LogP contribution in [0, 0.1) is 11.3 Å². The highest BCUT2D eigenvalue weighted by Gasteiger charge is 2.14. The standard InChI is InChI=1S/C21H21ClN2O2/c1-14(2)26-20-10-9-16(12-19(20)22)11-18(13-23)21(25)24-15(3)17-7-5-4-6-8-17/h4-12,14-15H,1-3H3,(H,24,25)/b18-11-/t15-/m0/s1. The highest BCUT2D eigenvalue weighted by atomic mass is 35.5. The molecule has 0 unspecified atom stereocenters. The minimum atomic E-state index is -0.428. The van der Waals surface area contributed by atoms with E-state index in [0.29, 0.717) is 16.3 Å². The Bertz CT molecular complexity index is 839. The van der Waals surface area contributed by atoms with Crippen LogP contribution < -0.4 is 10.1 Å². The molecular weight excluding hydrogens is 348 g/mol. The highest BCUT2D eigenvalue weighted by molar-refractivity contribution is 6.32. The topological polar surface area (TPSA) is 62.1 Å². The van der Waals surface area contributed by atoms with Gasteiger partial charge in [-0.1, -0.05) is 48.0 Å². The fraction of sp³-hybridized carbons (Fsp3) is 0.238. The lowest BCUT2D eigenvalue weighted by Gasteiger charge is -2.14. The van der Waals surface area contributed by atoms with Crippen LogP contribution in [0.25, 0.3) is 6.08 Å². The Morgan fingerprint density at radius 3 is 2.46 bits per heavy atom. The van der Waals surface area contributed by atoms with Crippen LogP contribution in [0.4, 0.5) is 0 Å². The number of ether oxygens (including phenoxy) is 1. The Labute approximate surface area is 159 Å². The lowest BCUT2D eigenvalue weighted by molar-refractivity contribution is -0.117. The van der Waals surface area contributed by atoms with E-state index in [-0.39, 0.29) is 17.7 Å². The number of nitrogens with zero attached hydrogens (tertiary/aromatic N) is 1. The number of carbonyl (C=O) groups excluding carboxylic acids is 1. The number of nitrogens with one attached hydrogen (secondary N) is 1. The van der Waals surface area contributed by atoms with Gasteiger partial charge in [-0.3, -0.25) is 4.79 Å². The van der Waals surface area contributed by atoms with E-state index in [4.69, 9.17) is 16.3 Å². The predicted octanol–water partition coefficient (Wildman–Crippen LogP) is 4.91. The van der Waals surface area contributed by atoms with Gasteiger partial charge in [0.1, 0.15) is 17.4 Å². The van der Waals surface area contributed by atoms with Crippen molar-refractivity contribution in [3.8, 4) is 11.8 Å². The van der Waals surface area contributed by atoms with Gasteiger partial charge in [-0.25, -0.2) is 0 Å². The molecule has 0 aliphatic heterocycles. The van der Waals surface area contributed by atoms with Crippen molar-refractivity contribution in [3.05, 3.63) is 70.3 Å². The van der Waals surface area contributed by atoms with Crippen molar-refractivity contribution in [2.24, 2.45) is 0 Å².